The Hall–Kier alpha value is -2.11. The number of imidazole rings is 1. The Balaban J connectivity index is 1.77. The van der Waals surface area contributed by atoms with Crippen LogP contribution < -0.4 is 5.32 Å². The predicted molar refractivity (Wildman–Crippen MR) is 99.6 cm³/mol. The summed E-state index contributed by atoms with van der Waals surface area (Å²) < 4.78 is 2.33. The Morgan fingerprint density at radius 1 is 1.36 bits per heavy atom. The lowest BCUT2D eigenvalue weighted by molar-refractivity contribution is 0.171. The minimum absolute atomic E-state index is 0.0660. The molecule has 3 rings (SSSR count). The molecule has 1 aliphatic heterocycles. The molecule has 0 atom stereocenters. The predicted octanol–water partition coefficient (Wildman–Crippen LogP) is 3.39. The molecule has 1 N–H and O–H groups in total. The fraction of sp³-hybridized carbons (Fsp3) is 0.632. The molecule has 0 aliphatic carbocycles. The van der Waals surface area contributed by atoms with Gasteiger partial charge in [0.15, 0.2) is 5.65 Å². The van der Waals surface area contributed by atoms with Gasteiger partial charge in [-0.25, -0.2) is 14.8 Å². The van der Waals surface area contributed by atoms with Crippen molar-refractivity contribution in [3.05, 3.63) is 24.2 Å². The van der Waals surface area contributed by atoms with Crippen LogP contribution >= 0.6 is 0 Å². The van der Waals surface area contributed by atoms with Crippen LogP contribution in [0.3, 0.4) is 0 Å². The fourth-order valence-electron chi connectivity index (χ4n) is 3.54. The molecule has 0 spiro atoms. The van der Waals surface area contributed by atoms with Crippen LogP contribution in [0, 0.1) is 5.92 Å². The van der Waals surface area contributed by atoms with E-state index in [0.29, 0.717) is 12.0 Å². The third-order valence-corrected chi connectivity index (χ3v) is 4.76. The van der Waals surface area contributed by atoms with E-state index in [9.17, 15) is 4.79 Å². The van der Waals surface area contributed by atoms with Crippen molar-refractivity contribution in [3.63, 3.8) is 0 Å². The highest BCUT2D eigenvalue weighted by atomic mass is 16.2. The molecule has 1 aliphatic rings. The lowest BCUT2D eigenvalue weighted by Crippen LogP contribution is -2.45. The molecule has 2 amide bonds. The van der Waals surface area contributed by atoms with Gasteiger partial charge >= 0.3 is 6.03 Å². The van der Waals surface area contributed by atoms with Gasteiger partial charge in [-0.1, -0.05) is 20.8 Å². The Bertz CT molecular complexity index is 716. The number of aromatic nitrogens is 3. The van der Waals surface area contributed by atoms with Gasteiger partial charge in [0.05, 0.1) is 0 Å². The van der Waals surface area contributed by atoms with Crippen molar-refractivity contribution in [2.45, 2.75) is 52.5 Å². The van der Waals surface area contributed by atoms with Gasteiger partial charge in [0.1, 0.15) is 11.3 Å². The first kappa shape index (κ1) is 17.7. The van der Waals surface area contributed by atoms with Gasteiger partial charge < -0.3 is 14.8 Å². The molecule has 0 bridgehead atoms. The molecule has 1 fully saturated rings. The number of carbonyl (C=O) groups is 1. The molecule has 2 aromatic heterocycles. The van der Waals surface area contributed by atoms with E-state index < -0.39 is 0 Å². The number of pyridine rings is 1. The van der Waals surface area contributed by atoms with E-state index in [2.05, 4.69) is 35.6 Å². The molecule has 1 saturated heterocycles. The summed E-state index contributed by atoms with van der Waals surface area (Å²) in [5, 5.41) is 2.97. The lowest BCUT2D eigenvalue weighted by atomic mass is 10.0. The molecule has 25 heavy (non-hydrogen) atoms. The van der Waals surface area contributed by atoms with E-state index in [-0.39, 0.29) is 6.03 Å². The second-order valence-electron chi connectivity index (χ2n) is 7.29. The molecule has 6 nitrogen and oxygen atoms in total. The number of urea groups is 1. The lowest BCUT2D eigenvalue weighted by Gasteiger charge is -2.33. The zero-order valence-electron chi connectivity index (χ0n) is 15.5. The maximum absolute atomic E-state index is 12.2. The van der Waals surface area contributed by atoms with Crippen LogP contribution in [-0.4, -0.2) is 45.1 Å². The maximum Gasteiger partial charge on any atom is 0.317 e. The second-order valence-corrected chi connectivity index (χ2v) is 7.29. The summed E-state index contributed by atoms with van der Waals surface area (Å²) >= 11 is 0. The summed E-state index contributed by atoms with van der Waals surface area (Å²) in [5.74, 6) is 1.67. The fourth-order valence-corrected chi connectivity index (χ4v) is 3.54. The molecular weight excluding hydrogens is 314 g/mol. The number of nitrogens with one attached hydrogen (secondary N) is 1. The average Bonchev–Trinajstić information content (AvgIpc) is 2.96. The first-order valence-corrected chi connectivity index (χ1v) is 9.44. The largest absolute Gasteiger partial charge is 0.338 e. The third kappa shape index (κ3) is 3.94. The van der Waals surface area contributed by atoms with Crippen molar-refractivity contribution in [1.82, 2.24) is 24.8 Å². The summed E-state index contributed by atoms with van der Waals surface area (Å²) in [5.41, 5.74) is 1.95. The Kier molecular flexibility index (Phi) is 5.56. The Labute approximate surface area is 149 Å². The molecule has 0 unspecified atom stereocenters. The van der Waals surface area contributed by atoms with E-state index in [1.165, 1.54) is 0 Å². The molecule has 2 aromatic rings. The highest BCUT2D eigenvalue weighted by molar-refractivity contribution is 5.74. The van der Waals surface area contributed by atoms with Crippen LogP contribution in [0.2, 0.25) is 0 Å². The van der Waals surface area contributed by atoms with Crippen LogP contribution in [0.25, 0.3) is 11.2 Å². The topological polar surface area (TPSA) is 63.1 Å². The van der Waals surface area contributed by atoms with Gasteiger partial charge in [-0.05, 0) is 37.3 Å². The number of fused-ring (bicyclic) bond motifs is 1. The van der Waals surface area contributed by atoms with Gasteiger partial charge in [0.2, 0.25) is 0 Å². The highest BCUT2D eigenvalue weighted by Crippen LogP contribution is 2.29. The van der Waals surface area contributed by atoms with E-state index in [4.69, 9.17) is 4.98 Å². The summed E-state index contributed by atoms with van der Waals surface area (Å²) in [6.07, 6.45) is 5.66. The maximum atomic E-state index is 12.2. The quantitative estimate of drug-likeness (QED) is 0.905. The number of likely N-dealkylation sites (tertiary alicyclic amines) is 1. The second kappa shape index (κ2) is 7.85. The third-order valence-electron chi connectivity index (χ3n) is 4.76. The number of amides is 2. The van der Waals surface area contributed by atoms with Crippen LogP contribution in [0.5, 0.6) is 0 Å². The summed E-state index contributed by atoms with van der Waals surface area (Å²) in [4.78, 5) is 23.5. The van der Waals surface area contributed by atoms with Crippen molar-refractivity contribution in [1.29, 1.82) is 0 Å². The number of hydrogen-bond acceptors (Lipinski definition) is 3. The number of piperidine rings is 1. The van der Waals surface area contributed by atoms with Crippen molar-refractivity contribution in [3.8, 4) is 0 Å². The standard InChI is InChI=1S/C19H29N5O/c1-4-9-21-19(25)23-11-7-15(8-12-23)24-17(13-14(2)3)22-16-6-5-10-20-18(16)24/h5-6,10,14-15H,4,7-9,11-13H2,1-3H3,(H,21,25). The van der Waals surface area contributed by atoms with Gasteiger partial charge in [-0.2, -0.15) is 0 Å². The molecule has 136 valence electrons. The normalized spacial score (nSPS) is 15.9. The Morgan fingerprint density at radius 3 is 2.80 bits per heavy atom. The zero-order valence-corrected chi connectivity index (χ0v) is 15.5. The molecule has 3 heterocycles. The van der Waals surface area contributed by atoms with E-state index in [0.717, 1.165) is 62.3 Å². The van der Waals surface area contributed by atoms with E-state index in [1.807, 2.05) is 23.2 Å². The van der Waals surface area contributed by atoms with Gasteiger partial charge in [-0.15, -0.1) is 0 Å². The zero-order chi connectivity index (χ0) is 17.8. The van der Waals surface area contributed by atoms with Crippen LogP contribution in [0.1, 0.15) is 51.9 Å². The van der Waals surface area contributed by atoms with Crippen molar-refractivity contribution in [2.75, 3.05) is 19.6 Å². The first-order valence-electron chi connectivity index (χ1n) is 9.44. The molecule has 0 radical (unpaired) electrons. The van der Waals surface area contributed by atoms with Crippen molar-refractivity contribution >= 4 is 17.2 Å². The van der Waals surface area contributed by atoms with Crippen LogP contribution in [0.15, 0.2) is 18.3 Å². The summed E-state index contributed by atoms with van der Waals surface area (Å²) in [7, 11) is 0. The van der Waals surface area contributed by atoms with Crippen molar-refractivity contribution < 1.29 is 4.79 Å². The van der Waals surface area contributed by atoms with E-state index in [1.54, 1.807) is 0 Å². The average molecular weight is 343 g/mol. The molecule has 6 heteroatoms. The minimum Gasteiger partial charge on any atom is -0.338 e. The van der Waals surface area contributed by atoms with Crippen LogP contribution in [0.4, 0.5) is 4.79 Å². The van der Waals surface area contributed by atoms with Crippen molar-refractivity contribution in [2.24, 2.45) is 5.92 Å². The molecule has 0 aromatic carbocycles. The SMILES string of the molecule is CCCNC(=O)N1CCC(n2c(CC(C)C)nc3cccnc32)CC1. The molecular formula is C19H29N5O. The monoisotopic (exact) mass is 343 g/mol. The van der Waals surface area contributed by atoms with Gasteiger partial charge in [0.25, 0.3) is 0 Å². The summed E-state index contributed by atoms with van der Waals surface area (Å²) in [6, 6.07) is 4.41. The first-order chi connectivity index (χ1) is 12.1. The van der Waals surface area contributed by atoms with E-state index >= 15 is 0 Å². The summed E-state index contributed by atoms with van der Waals surface area (Å²) in [6.45, 7) is 8.82. The van der Waals surface area contributed by atoms with Gasteiger partial charge in [-0.3, -0.25) is 0 Å². The number of rotatable bonds is 5. The minimum atomic E-state index is 0.0660. The highest BCUT2D eigenvalue weighted by Gasteiger charge is 2.27. The number of carbonyl (C=O) groups excluding carboxylic acids is 1. The van der Waals surface area contributed by atoms with Crippen LogP contribution in [-0.2, 0) is 6.42 Å². The molecule has 0 saturated carbocycles. The number of nitrogens with zero attached hydrogens (tertiary/aromatic N) is 4. The smallest absolute Gasteiger partial charge is 0.317 e. The Morgan fingerprint density at radius 2 is 2.12 bits per heavy atom. The van der Waals surface area contributed by atoms with Gasteiger partial charge in [0, 0.05) is 38.3 Å². The number of hydrogen-bond donors (Lipinski definition) is 1.